The van der Waals surface area contributed by atoms with Gasteiger partial charge in [0.15, 0.2) is 0 Å². The number of aromatic amines is 1. The molecule has 3 heterocycles. The summed E-state index contributed by atoms with van der Waals surface area (Å²) in [5.41, 5.74) is 2.70. The predicted molar refractivity (Wildman–Crippen MR) is 105 cm³/mol. The number of H-pyrrole nitrogens is 1. The Morgan fingerprint density at radius 3 is 2.67 bits per heavy atom. The zero-order valence-electron chi connectivity index (χ0n) is 16.0. The number of hydrogen-bond acceptors (Lipinski definition) is 3. The number of rotatable bonds is 4. The van der Waals surface area contributed by atoms with Gasteiger partial charge in [0.05, 0.1) is 12.2 Å². The fourth-order valence-electron chi connectivity index (χ4n) is 4.40. The average molecular weight is 367 g/mol. The zero-order chi connectivity index (χ0) is 18.7. The van der Waals surface area contributed by atoms with Crippen molar-refractivity contribution < 1.29 is 4.79 Å². The minimum absolute atomic E-state index is 0.0273. The van der Waals surface area contributed by atoms with Crippen molar-refractivity contribution in [2.75, 3.05) is 26.2 Å². The minimum atomic E-state index is -0.0273. The lowest BCUT2D eigenvalue weighted by molar-refractivity contribution is 0.105. The second-order valence-corrected chi connectivity index (χ2v) is 8.14. The molecule has 1 aromatic carbocycles. The standard InChI is InChI=1S/C21H29N5O/c1-17(19-13-22-23-14-19)24-20(27)26-12-9-21(16-26)7-10-25(11-8-21)15-18-5-3-2-4-6-18/h2-6,13-14,17H,7-12,15-16H2,1H3,(H,22,23)(H,24,27). The molecule has 2 fully saturated rings. The molecule has 0 aliphatic carbocycles. The van der Waals surface area contributed by atoms with E-state index in [1.807, 2.05) is 18.0 Å². The first-order valence-corrected chi connectivity index (χ1v) is 9.94. The Morgan fingerprint density at radius 1 is 1.22 bits per heavy atom. The van der Waals surface area contributed by atoms with Crippen LogP contribution in [0, 0.1) is 5.41 Å². The number of carbonyl (C=O) groups is 1. The molecular formula is C21H29N5O. The van der Waals surface area contributed by atoms with E-state index in [0.29, 0.717) is 5.41 Å². The molecule has 2 aliphatic heterocycles. The molecule has 1 unspecified atom stereocenters. The van der Waals surface area contributed by atoms with E-state index in [2.05, 4.69) is 50.7 Å². The summed E-state index contributed by atoms with van der Waals surface area (Å²) in [6.45, 7) is 7.02. The lowest BCUT2D eigenvalue weighted by Gasteiger charge is -2.39. The molecule has 0 radical (unpaired) electrons. The van der Waals surface area contributed by atoms with Crippen molar-refractivity contribution in [2.45, 2.75) is 38.8 Å². The molecule has 1 atom stereocenters. The van der Waals surface area contributed by atoms with Gasteiger partial charge in [-0.3, -0.25) is 10.00 Å². The van der Waals surface area contributed by atoms with Crippen LogP contribution in [0.5, 0.6) is 0 Å². The number of benzene rings is 1. The van der Waals surface area contributed by atoms with Crippen molar-refractivity contribution in [3.8, 4) is 0 Å². The van der Waals surface area contributed by atoms with Crippen LogP contribution in [0.25, 0.3) is 0 Å². The van der Waals surface area contributed by atoms with E-state index in [1.165, 1.54) is 18.4 Å². The molecule has 2 N–H and O–H groups in total. The van der Waals surface area contributed by atoms with Gasteiger partial charge in [0.2, 0.25) is 0 Å². The summed E-state index contributed by atoms with van der Waals surface area (Å²) in [6.07, 6.45) is 7.08. The molecule has 0 saturated carbocycles. The maximum Gasteiger partial charge on any atom is 0.317 e. The van der Waals surface area contributed by atoms with Crippen molar-refractivity contribution in [3.05, 3.63) is 53.9 Å². The third-order valence-electron chi connectivity index (χ3n) is 6.25. The number of amides is 2. The van der Waals surface area contributed by atoms with Gasteiger partial charge in [0, 0.05) is 31.4 Å². The molecule has 144 valence electrons. The van der Waals surface area contributed by atoms with Crippen LogP contribution in [0.1, 0.15) is 43.4 Å². The smallest absolute Gasteiger partial charge is 0.317 e. The normalized spacial score (nSPS) is 20.7. The van der Waals surface area contributed by atoms with Crippen molar-refractivity contribution >= 4 is 6.03 Å². The number of urea groups is 1. The van der Waals surface area contributed by atoms with Crippen LogP contribution in [-0.2, 0) is 6.54 Å². The Kier molecular flexibility index (Phi) is 5.16. The molecule has 1 spiro atoms. The van der Waals surface area contributed by atoms with E-state index in [0.717, 1.165) is 44.7 Å². The van der Waals surface area contributed by atoms with E-state index in [4.69, 9.17) is 0 Å². The highest BCUT2D eigenvalue weighted by atomic mass is 16.2. The topological polar surface area (TPSA) is 64.3 Å². The molecule has 2 saturated heterocycles. The lowest BCUT2D eigenvalue weighted by atomic mass is 9.77. The van der Waals surface area contributed by atoms with Gasteiger partial charge in [-0.15, -0.1) is 0 Å². The molecule has 1 aromatic heterocycles. The Balaban J connectivity index is 1.27. The molecule has 2 aliphatic rings. The van der Waals surface area contributed by atoms with E-state index in [9.17, 15) is 4.79 Å². The van der Waals surface area contributed by atoms with E-state index >= 15 is 0 Å². The van der Waals surface area contributed by atoms with Crippen molar-refractivity contribution in [2.24, 2.45) is 5.41 Å². The number of piperidine rings is 1. The molecule has 27 heavy (non-hydrogen) atoms. The van der Waals surface area contributed by atoms with Crippen LogP contribution >= 0.6 is 0 Å². The Labute approximate surface area is 160 Å². The highest BCUT2D eigenvalue weighted by Gasteiger charge is 2.42. The second kappa shape index (κ2) is 7.72. The van der Waals surface area contributed by atoms with Gasteiger partial charge in [-0.25, -0.2) is 4.79 Å². The fraction of sp³-hybridized carbons (Fsp3) is 0.524. The predicted octanol–water partition coefficient (Wildman–Crippen LogP) is 3.17. The van der Waals surface area contributed by atoms with Gasteiger partial charge >= 0.3 is 6.03 Å². The summed E-state index contributed by atoms with van der Waals surface area (Å²) in [7, 11) is 0. The number of hydrogen-bond donors (Lipinski definition) is 2. The summed E-state index contributed by atoms with van der Waals surface area (Å²) in [5.74, 6) is 0. The van der Waals surface area contributed by atoms with Gasteiger partial charge in [0.25, 0.3) is 0 Å². The summed E-state index contributed by atoms with van der Waals surface area (Å²) in [5, 5.41) is 9.86. The molecule has 6 nitrogen and oxygen atoms in total. The van der Waals surface area contributed by atoms with E-state index in [1.54, 1.807) is 6.20 Å². The van der Waals surface area contributed by atoms with Gasteiger partial charge in [-0.1, -0.05) is 30.3 Å². The second-order valence-electron chi connectivity index (χ2n) is 8.14. The third kappa shape index (κ3) is 4.16. The molecule has 4 rings (SSSR count). The quantitative estimate of drug-likeness (QED) is 0.872. The SMILES string of the molecule is CC(NC(=O)N1CCC2(CCN(Cc3ccccc3)CC2)C1)c1cn[nH]c1. The van der Waals surface area contributed by atoms with Gasteiger partial charge in [-0.05, 0) is 50.3 Å². The highest BCUT2D eigenvalue weighted by molar-refractivity contribution is 5.75. The summed E-state index contributed by atoms with van der Waals surface area (Å²) in [6, 6.07) is 10.7. The zero-order valence-corrected chi connectivity index (χ0v) is 16.0. The van der Waals surface area contributed by atoms with Crippen LogP contribution in [0.15, 0.2) is 42.7 Å². The maximum atomic E-state index is 12.7. The van der Waals surface area contributed by atoms with Gasteiger partial charge in [-0.2, -0.15) is 5.10 Å². The van der Waals surface area contributed by atoms with Crippen LogP contribution < -0.4 is 5.32 Å². The Hall–Kier alpha value is -2.34. The molecule has 2 amide bonds. The van der Waals surface area contributed by atoms with Crippen LogP contribution in [-0.4, -0.2) is 52.2 Å². The van der Waals surface area contributed by atoms with Crippen molar-refractivity contribution in [1.82, 2.24) is 25.3 Å². The van der Waals surface area contributed by atoms with Crippen molar-refractivity contribution in [3.63, 3.8) is 0 Å². The number of carbonyl (C=O) groups excluding carboxylic acids is 1. The number of nitrogens with one attached hydrogen (secondary N) is 2. The first kappa shape index (κ1) is 18.0. The van der Waals surface area contributed by atoms with E-state index in [-0.39, 0.29) is 12.1 Å². The highest BCUT2D eigenvalue weighted by Crippen LogP contribution is 2.40. The van der Waals surface area contributed by atoms with Crippen LogP contribution in [0.2, 0.25) is 0 Å². The first-order chi connectivity index (χ1) is 13.1. The number of nitrogens with zero attached hydrogens (tertiary/aromatic N) is 3. The van der Waals surface area contributed by atoms with Crippen LogP contribution in [0.3, 0.4) is 0 Å². The summed E-state index contributed by atoms with van der Waals surface area (Å²) in [4.78, 5) is 17.2. The minimum Gasteiger partial charge on any atom is -0.331 e. The maximum absolute atomic E-state index is 12.7. The Bertz CT molecular complexity index is 737. The molecule has 6 heteroatoms. The summed E-state index contributed by atoms with van der Waals surface area (Å²) >= 11 is 0. The fourth-order valence-corrected chi connectivity index (χ4v) is 4.40. The molecule has 0 bridgehead atoms. The van der Waals surface area contributed by atoms with E-state index < -0.39 is 0 Å². The molecular weight excluding hydrogens is 338 g/mol. The lowest BCUT2D eigenvalue weighted by Crippen LogP contribution is -2.44. The molecule has 2 aromatic rings. The van der Waals surface area contributed by atoms with Crippen LogP contribution in [0.4, 0.5) is 4.79 Å². The Morgan fingerprint density at radius 2 is 1.96 bits per heavy atom. The number of likely N-dealkylation sites (tertiary alicyclic amines) is 2. The largest absolute Gasteiger partial charge is 0.331 e. The van der Waals surface area contributed by atoms with Crippen molar-refractivity contribution in [1.29, 1.82) is 0 Å². The third-order valence-corrected chi connectivity index (χ3v) is 6.25. The number of aromatic nitrogens is 2. The summed E-state index contributed by atoms with van der Waals surface area (Å²) < 4.78 is 0. The van der Waals surface area contributed by atoms with Gasteiger partial charge in [0.1, 0.15) is 0 Å². The first-order valence-electron chi connectivity index (χ1n) is 9.94. The monoisotopic (exact) mass is 367 g/mol. The van der Waals surface area contributed by atoms with Gasteiger partial charge < -0.3 is 10.2 Å². The average Bonchev–Trinajstić information content (AvgIpc) is 3.36.